The van der Waals surface area contributed by atoms with E-state index in [4.69, 9.17) is 21.1 Å². The zero-order valence-corrected chi connectivity index (χ0v) is 12.3. The Morgan fingerprint density at radius 2 is 1.86 bits per heavy atom. The predicted molar refractivity (Wildman–Crippen MR) is 72.2 cm³/mol. The predicted octanol–water partition coefficient (Wildman–Crippen LogP) is 2.95. The van der Waals surface area contributed by atoms with Gasteiger partial charge in [-0.25, -0.2) is 0 Å². The smallest absolute Gasteiger partial charge is 0.406 e. The fourth-order valence-corrected chi connectivity index (χ4v) is 1.93. The fraction of sp³-hybridized carbons (Fsp3) is 0.462. The average molecular weight is 326 g/mol. The molecule has 21 heavy (non-hydrogen) atoms. The second-order valence-electron chi connectivity index (χ2n) is 4.10. The first-order chi connectivity index (χ1) is 9.82. The van der Waals surface area contributed by atoms with E-state index in [9.17, 15) is 18.0 Å². The van der Waals surface area contributed by atoms with Gasteiger partial charge in [0.1, 0.15) is 6.54 Å². The average Bonchev–Trinajstić information content (AvgIpc) is 2.43. The molecule has 8 heteroatoms. The normalized spacial score (nSPS) is 11.1. The van der Waals surface area contributed by atoms with Crippen molar-refractivity contribution >= 4 is 17.5 Å². The van der Waals surface area contributed by atoms with Gasteiger partial charge in [-0.15, -0.1) is 11.6 Å². The van der Waals surface area contributed by atoms with E-state index in [1.807, 2.05) is 0 Å². The van der Waals surface area contributed by atoms with Gasteiger partial charge in [0.05, 0.1) is 14.2 Å². The van der Waals surface area contributed by atoms with Crippen LogP contribution >= 0.6 is 11.6 Å². The number of alkyl halides is 4. The monoisotopic (exact) mass is 325 g/mol. The van der Waals surface area contributed by atoms with Gasteiger partial charge in [0, 0.05) is 18.0 Å². The summed E-state index contributed by atoms with van der Waals surface area (Å²) >= 11 is 5.46. The molecule has 1 amide bonds. The van der Waals surface area contributed by atoms with E-state index in [2.05, 4.69) is 0 Å². The molecule has 0 radical (unpaired) electrons. The number of methoxy groups -OCH3 is 2. The Kier molecular flexibility index (Phi) is 6.14. The fourth-order valence-electron chi connectivity index (χ4n) is 1.72. The Balaban J connectivity index is 3.03. The second kappa shape index (κ2) is 7.40. The van der Waals surface area contributed by atoms with Crippen LogP contribution in [0.1, 0.15) is 10.4 Å². The standard InChI is InChI=1S/C13H15ClF3NO3/c1-20-10-4-3-9(7-11(10)21-2)12(19)18(6-5-14)8-13(15,16)17/h3-4,7H,5-6,8H2,1-2H3. The van der Waals surface area contributed by atoms with Gasteiger partial charge in [0.15, 0.2) is 11.5 Å². The van der Waals surface area contributed by atoms with Crippen LogP contribution in [0.15, 0.2) is 18.2 Å². The zero-order chi connectivity index (χ0) is 16.0. The number of carbonyl (C=O) groups excluding carboxylic acids is 1. The van der Waals surface area contributed by atoms with Gasteiger partial charge < -0.3 is 14.4 Å². The Labute approximate surface area is 125 Å². The molecule has 0 atom stereocenters. The maximum Gasteiger partial charge on any atom is 0.406 e. The molecular formula is C13H15ClF3NO3. The number of ether oxygens (including phenoxy) is 2. The molecule has 0 aliphatic carbocycles. The van der Waals surface area contributed by atoms with Crippen molar-refractivity contribution in [1.82, 2.24) is 4.90 Å². The van der Waals surface area contributed by atoms with Gasteiger partial charge in [-0.3, -0.25) is 4.79 Å². The SMILES string of the molecule is COc1ccc(C(=O)N(CCCl)CC(F)(F)F)cc1OC. The van der Waals surface area contributed by atoms with Gasteiger partial charge in [-0.05, 0) is 18.2 Å². The minimum atomic E-state index is -4.49. The largest absolute Gasteiger partial charge is 0.493 e. The highest BCUT2D eigenvalue weighted by molar-refractivity contribution is 6.18. The maximum absolute atomic E-state index is 12.5. The summed E-state index contributed by atoms with van der Waals surface area (Å²) in [6.07, 6.45) is -4.49. The summed E-state index contributed by atoms with van der Waals surface area (Å²) in [5.74, 6) is -0.210. The van der Waals surface area contributed by atoms with Crippen LogP contribution in [0.5, 0.6) is 11.5 Å². The molecule has 1 aromatic carbocycles. The number of benzene rings is 1. The van der Waals surface area contributed by atoms with Crippen molar-refractivity contribution < 1.29 is 27.4 Å². The van der Waals surface area contributed by atoms with E-state index in [0.717, 1.165) is 0 Å². The first-order valence-corrected chi connectivity index (χ1v) is 6.50. The summed E-state index contributed by atoms with van der Waals surface area (Å²) in [6.45, 7) is -1.55. The summed E-state index contributed by atoms with van der Waals surface area (Å²) in [4.78, 5) is 12.8. The molecule has 1 rings (SSSR count). The molecule has 0 aliphatic rings. The summed E-state index contributed by atoms with van der Waals surface area (Å²) in [5.41, 5.74) is 0.0713. The number of carbonyl (C=O) groups is 1. The van der Waals surface area contributed by atoms with Crippen molar-refractivity contribution in [1.29, 1.82) is 0 Å². The van der Waals surface area contributed by atoms with Gasteiger partial charge in [-0.1, -0.05) is 0 Å². The van der Waals surface area contributed by atoms with Crippen molar-refractivity contribution in [2.75, 3.05) is 33.2 Å². The second-order valence-corrected chi connectivity index (χ2v) is 4.48. The molecule has 0 saturated heterocycles. The van der Waals surface area contributed by atoms with E-state index >= 15 is 0 Å². The number of nitrogens with zero attached hydrogens (tertiary/aromatic N) is 1. The van der Waals surface area contributed by atoms with Crippen LogP contribution < -0.4 is 9.47 Å². The minimum Gasteiger partial charge on any atom is -0.493 e. The van der Waals surface area contributed by atoms with Crippen LogP contribution in [0.4, 0.5) is 13.2 Å². The first-order valence-electron chi connectivity index (χ1n) is 5.96. The van der Waals surface area contributed by atoms with E-state index in [1.165, 1.54) is 32.4 Å². The Bertz CT molecular complexity index is 494. The van der Waals surface area contributed by atoms with Crippen molar-refractivity contribution in [3.63, 3.8) is 0 Å². The number of hydrogen-bond acceptors (Lipinski definition) is 3. The molecule has 0 unspecified atom stereocenters. The highest BCUT2D eigenvalue weighted by Gasteiger charge is 2.33. The van der Waals surface area contributed by atoms with Gasteiger partial charge in [0.25, 0.3) is 5.91 Å². The lowest BCUT2D eigenvalue weighted by Crippen LogP contribution is -2.40. The van der Waals surface area contributed by atoms with Gasteiger partial charge in [0.2, 0.25) is 0 Å². The van der Waals surface area contributed by atoms with E-state index < -0.39 is 18.6 Å². The van der Waals surface area contributed by atoms with Crippen LogP contribution in [0.25, 0.3) is 0 Å². The molecule has 0 bridgehead atoms. The highest BCUT2D eigenvalue weighted by atomic mass is 35.5. The molecule has 118 valence electrons. The van der Waals surface area contributed by atoms with Crippen molar-refractivity contribution in [3.8, 4) is 11.5 Å². The first kappa shape index (κ1) is 17.4. The van der Waals surface area contributed by atoms with Gasteiger partial charge in [-0.2, -0.15) is 13.2 Å². The molecule has 0 spiro atoms. The maximum atomic E-state index is 12.5. The third-order valence-corrected chi connectivity index (χ3v) is 2.81. The third-order valence-electron chi connectivity index (χ3n) is 2.64. The topological polar surface area (TPSA) is 38.8 Å². The molecular weight excluding hydrogens is 311 g/mol. The zero-order valence-electron chi connectivity index (χ0n) is 11.5. The molecule has 0 fully saturated rings. The molecule has 1 aromatic rings. The minimum absolute atomic E-state index is 0.0713. The number of amides is 1. The summed E-state index contributed by atoms with van der Waals surface area (Å²) in [6, 6.07) is 4.17. The number of halogens is 4. The highest BCUT2D eigenvalue weighted by Crippen LogP contribution is 2.28. The molecule has 0 aromatic heterocycles. The molecule has 0 N–H and O–H groups in total. The Morgan fingerprint density at radius 3 is 2.33 bits per heavy atom. The third kappa shape index (κ3) is 5.00. The summed E-state index contributed by atoms with van der Waals surface area (Å²) in [5, 5.41) is 0. The van der Waals surface area contributed by atoms with Crippen LogP contribution in [0, 0.1) is 0 Å². The molecule has 0 aliphatic heterocycles. The van der Waals surface area contributed by atoms with Crippen molar-refractivity contribution in [2.24, 2.45) is 0 Å². The van der Waals surface area contributed by atoms with Crippen molar-refractivity contribution in [2.45, 2.75) is 6.18 Å². The molecule has 0 heterocycles. The van der Waals surface area contributed by atoms with E-state index in [-0.39, 0.29) is 23.7 Å². The van der Waals surface area contributed by atoms with E-state index in [0.29, 0.717) is 10.6 Å². The number of hydrogen-bond donors (Lipinski definition) is 0. The van der Waals surface area contributed by atoms with Crippen LogP contribution in [-0.4, -0.2) is 50.2 Å². The van der Waals surface area contributed by atoms with Crippen molar-refractivity contribution in [3.05, 3.63) is 23.8 Å². The van der Waals surface area contributed by atoms with Crippen LogP contribution in [0.2, 0.25) is 0 Å². The lowest BCUT2D eigenvalue weighted by Gasteiger charge is -2.23. The van der Waals surface area contributed by atoms with Crippen LogP contribution in [-0.2, 0) is 0 Å². The van der Waals surface area contributed by atoms with Crippen LogP contribution in [0.3, 0.4) is 0 Å². The summed E-state index contributed by atoms with van der Waals surface area (Å²) < 4.78 is 47.5. The molecule has 4 nitrogen and oxygen atoms in total. The number of rotatable bonds is 6. The lowest BCUT2D eigenvalue weighted by molar-refractivity contribution is -0.140. The molecule has 0 saturated carbocycles. The van der Waals surface area contributed by atoms with E-state index in [1.54, 1.807) is 0 Å². The lowest BCUT2D eigenvalue weighted by atomic mass is 10.1. The Morgan fingerprint density at radius 1 is 1.24 bits per heavy atom. The van der Waals surface area contributed by atoms with Gasteiger partial charge >= 0.3 is 6.18 Å². The Hall–Kier alpha value is -1.63. The quantitative estimate of drug-likeness (QED) is 0.755. The summed E-state index contributed by atoms with van der Waals surface area (Å²) in [7, 11) is 2.79.